The van der Waals surface area contributed by atoms with Crippen LogP contribution < -0.4 is 16.4 Å². The number of amides is 2. The number of rotatable bonds is 3. The van der Waals surface area contributed by atoms with Gasteiger partial charge in [-0.2, -0.15) is 0 Å². The summed E-state index contributed by atoms with van der Waals surface area (Å²) in [6.45, 7) is 1.47. The quantitative estimate of drug-likeness (QED) is 0.550. The summed E-state index contributed by atoms with van der Waals surface area (Å²) in [6.07, 6.45) is 0. The van der Waals surface area contributed by atoms with Crippen LogP contribution in [0.5, 0.6) is 0 Å². The van der Waals surface area contributed by atoms with Gasteiger partial charge in [0.15, 0.2) is 0 Å². The number of hydrogen-bond acceptors (Lipinski definition) is 3. The van der Waals surface area contributed by atoms with Crippen LogP contribution in [0.25, 0.3) is 0 Å². The van der Waals surface area contributed by atoms with E-state index in [4.69, 9.17) is 5.73 Å². The minimum Gasteiger partial charge on any atom is -0.392 e. The highest BCUT2D eigenvalue weighted by Crippen LogP contribution is 2.16. The Morgan fingerprint density at radius 2 is 2.06 bits per heavy atom. The molecule has 0 heterocycles. The Bertz CT molecular complexity index is 505. The lowest BCUT2D eigenvalue weighted by Gasteiger charge is -2.07. The summed E-state index contributed by atoms with van der Waals surface area (Å²) < 4.78 is 13.6. The van der Waals surface area contributed by atoms with Crippen molar-refractivity contribution < 1.29 is 14.0 Å². The zero-order valence-corrected chi connectivity index (χ0v) is 10.4. The zero-order chi connectivity index (χ0) is 13.7. The molecule has 0 saturated carbocycles. The minimum absolute atomic E-state index is 0.0505. The van der Waals surface area contributed by atoms with E-state index in [1.165, 1.54) is 6.07 Å². The summed E-state index contributed by atoms with van der Waals surface area (Å²) >= 11 is 4.54. The van der Waals surface area contributed by atoms with E-state index < -0.39 is 17.6 Å². The Balaban J connectivity index is 2.67. The van der Waals surface area contributed by atoms with E-state index in [0.29, 0.717) is 5.56 Å². The molecular weight excluding hydrogens is 257 g/mol. The fraction of sp³-hybridized carbons (Fsp3) is 0.182. The standard InChI is InChI=1S/C11H12FN3O2S/c1-6-3-2-4-7(9(6)12)15-11(17)10(16)14-5-8(13)18/h2-4H,5H2,1H3,(H2,13,18)(H,14,16)(H,15,17). The molecule has 1 aromatic rings. The van der Waals surface area contributed by atoms with E-state index in [1.54, 1.807) is 19.1 Å². The van der Waals surface area contributed by atoms with Crippen LogP contribution in [-0.4, -0.2) is 23.3 Å². The van der Waals surface area contributed by atoms with Crippen molar-refractivity contribution in [2.24, 2.45) is 5.73 Å². The molecule has 0 fully saturated rings. The lowest BCUT2D eigenvalue weighted by molar-refractivity contribution is -0.135. The van der Waals surface area contributed by atoms with Crippen molar-refractivity contribution in [2.45, 2.75) is 6.92 Å². The molecule has 0 aromatic heterocycles. The highest BCUT2D eigenvalue weighted by atomic mass is 32.1. The molecule has 5 nitrogen and oxygen atoms in total. The molecule has 18 heavy (non-hydrogen) atoms. The van der Waals surface area contributed by atoms with Crippen LogP contribution in [0.4, 0.5) is 10.1 Å². The summed E-state index contributed by atoms with van der Waals surface area (Å²) in [5.41, 5.74) is 5.48. The van der Waals surface area contributed by atoms with Crippen molar-refractivity contribution >= 4 is 34.7 Å². The Hall–Kier alpha value is -2.02. The highest BCUT2D eigenvalue weighted by Gasteiger charge is 2.15. The molecule has 1 rings (SSSR count). The molecule has 4 N–H and O–H groups in total. The maximum atomic E-state index is 13.6. The Morgan fingerprint density at radius 1 is 1.39 bits per heavy atom. The van der Waals surface area contributed by atoms with Gasteiger partial charge in [-0.1, -0.05) is 24.4 Å². The van der Waals surface area contributed by atoms with Gasteiger partial charge < -0.3 is 16.4 Å². The van der Waals surface area contributed by atoms with E-state index in [-0.39, 0.29) is 17.2 Å². The first kappa shape index (κ1) is 14.0. The number of carbonyl (C=O) groups excluding carboxylic acids is 2. The van der Waals surface area contributed by atoms with Crippen LogP contribution >= 0.6 is 12.2 Å². The maximum Gasteiger partial charge on any atom is 0.313 e. The van der Waals surface area contributed by atoms with E-state index in [0.717, 1.165) is 0 Å². The van der Waals surface area contributed by atoms with Crippen LogP contribution in [0.15, 0.2) is 18.2 Å². The summed E-state index contributed by atoms with van der Waals surface area (Å²) in [6, 6.07) is 4.49. The number of anilines is 1. The third-order valence-corrected chi connectivity index (χ3v) is 2.21. The number of hydrogen-bond donors (Lipinski definition) is 3. The average molecular weight is 269 g/mol. The summed E-state index contributed by atoms with van der Waals surface area (Å²) in [5, 5.41) is 4.36. The van der Waals surface area contributed by atoms with Crippen molar-refractivity contribution in [3.63, 3.8) is 0 Å². The molecule has 96 valence electrons. The van der Waals surface area contributed by atoms with Crippen LogP contribution in [0, 0.1) is 12.7 Å². The van der Waals surface area contributed by atoms with Gasteiger partial charge in [0.2, 0.25) is 0 Å². The number of halogens is 1. The van der Waals surface area contributed by atoms with Crippen molar-refractivity contribution in [3.8, 4) is 0 Å². The fourth-order valence-electron chi connectivity index (χ4n) is 1.17. The summed E-state index contributed by atoms with van der Waals surface area (Å²) in [5.74, 6) is -2.48. The third kappa shape index (κ3) is 3.77. The van der Waals surface area contributed by atoms with Crippen molar-refractivity contribution in [1.29, 1.82) is 0 Å². The lowest BCUT2D eigenvalue weighted by Crippen LogP contribution is -2.39. The Morgan fingerprint density at radius 3 is 2.67 bits per heavy atom. The van der Waals surface area contributed by atoms with Crippen molar-refractivity contribution in [3.05, 3.63) is 29.6 Å². The lowest BCUT2D eigenvalue weighted by atomic mass is 10.2. The molecule has 0 atom stereocenters. The van der Waals surface area contributed by atoms with E-state index in [2.05, 4.69) is 22.9 Å². The molecule has 0 aliphatic rings. The first-order valence-electron chi connectivity index (χ1n) is 5.04. The maximum absolute atomic E-state index is 13.6. The van der Waals surface area contributed by atoms with Gasteiger partial charge in [0.1, 0.15) is 5.82 Å². The SMILES string of the molecule is Cc1cccc(NC(=O)C(=O)NCC(N)=S)c1F. The second-order valence-electron chi connectivity index (χ2n) is 3.54. The third-order valence-electron chi connectivity index (χ3n) is 2.07. The predicted octanol–water partition coefficient (Wildman–Crippen LogP) is 0.475. The topological polar surface area (TPSA) is 84.2 Å². The van der Waals surface area contributed by atoms with E-state index in [1.807, 2.05) is 0 Å². The average Bonchev–Trinajstić information content (AvgIpc) is 2.31. The molecule has 0 radical (unpaired) electrons. The van der Waals surface area contributed by atoms with Gasteiger partial charge in [-0.15, -0.1) is 0 Å². The Kier molecular flexibility index (Phi) is 4.73. The zero-order valence-electron chi connectivity index (χ0n) is 9.62. The molecule has 1 aromatic carbocycles. The van der Waals surface area contributed by atoms with Gasteiger partial charge in [0.05, 0.1) is 17.2 Å². The Labute approximate surface area is 109 Å². The number of aryl methyl sites for hydroxylation is 1. The minimum atomic E-state index is -0.976. The van der Waals surface area contributed by atoms with Crippen molar-refractivity contribution in [2.75, 3.05) is 11.9 Å². The van der Waals surface area contributed by atoms with Crippen LogP contribution in [0.1, 0.15) is 5.56 Å². The summed E-state index contributed by atoms with van der Waals surface area (Å²) in [4.78, 5) is 22.8. The van der Waals surface area contributed by atoms with Crippen LogP contribution in [0.3, 0.4) is 0 Å². The molecule has 7 heteroatoms. The van der Waals surface area contributed by atoms with Gasteiger partial charge in [0, 0.05) is 0 Å². The van der Waals surface area contributed by atoms with Crippen LogP contribution in [-0.2, 0) is 9.59 Å². The number of nitrogens with one attached hydrogen (secondary N) is 2. The predicted molar refractivity (Wildman–Crippen MR) is 69.6 cm³/mol. The van der Waals surface area contributed by atoms with Crippen LogP contribution in [0.2, 0.25) is 0 Å². The molecule has 0 saturated heterocycles. The number of carbonyl (C=O) groups is 2. The van der Waals surface area contributed by atoms with E-state index in [9.17, 15) is 14.0 Å². The monoisotopic (exact) mass is 269 g/mol. The molecule has 0 spiro atoms. The van der Waals surface area contributed by atoms with Gasteiger partial charge in [-0.25, -0.2) is 4.39 Å². The van der Waals surface area contributed by atoms with Gasteiger partial charge in [-0.3, -0.25) is 9.59 Å². The van der Waals surface area contributed by atoms with Gasteiger partial charge in [0.25, 0.3) is 0 Å². The second-order valence-corrected chi connectivity index (χ2v) is 4.06. The van der Waals surface area contributed by atoms with Gasteiger partial charge in [-0.05, 0) is 18.6 Å². The number of benzene rings is 1. The molecule has 0 unspecified atom stereocenters. The number of nitrogens with two attached hydrogens (primary N) is 1. The van der Waals surface area contributed by atoms with Crippen molar-refractivity contribution in [1.82, 2.24) is 5.32 Å². The molecule has 0 aliphatic heterocycles. The number of thiocarbonyl (C=S) groups is 1. The summed E-state index contributed by atoms with van der Waals surface area (Å²) in [7, 11) is 0. The second kappa shape index (κ2) is 6.06. The first-order chi connectivity index (χ1) is 8.41. The normalized spacial score (nSPS) is 9.67. The van der Waals surface area contributed by atoms with E-state index >= 15 is 0 Å². The smallest absolute Gasteiger partial charge is 0.313 e. The first-order valence-corrected chi connectivity index (χ1v) is 5.45. The largest absolute Gasteiger partial charge is 0.392 e. The molecule has 2 amide bonds. The highest BCUT2D eigenvalue weighted by molar-refractivity contribution is 7.80. The van der Waals surface area contributed by atoms with Gasteiger partial charge >= 0.3 is 11.8 Å². The molecule has 0 aliphatic carbocycles. The molecular formula is C11H12FN3O2S. The fourth-order valence-corrected chi connectivity index (χ4v) is 1.24. The molecule has 0 bridgehead atoms.